The Labute approximate surface area is 280 Å². The summed E-state index contributed by atoms with van der Waals surface area (Å²) in [6, 6.07) is 2.70. The number of nitrogens with zero attached hydrogens (tertiary/aromatic N) is 5. The van der Waals surface area contributed by atoms with Gasteiger partial charge in [0.05, 0.1) is 31.0 Å². The van der Waals surface area contributed by atoms with E-state index in [1.54, 1.807) is 13.8 Å². The van der Waals surface area contributed by atoms with E-state index in [2.05, 4.69) is 29.2 Å². The van der Waals surface area contributed by atoms with Crippen LogP contribution in [0.25, 0.3) is 0 Å². The van der Waals surface area contributed by atoms with Crippen molar-refractivity contribution in [3.8, 4) is 11.5 Å². The predicted octanol–water partition coefficient (Wildman–Crippen LogP) is 3.81. The van der Waals surface area contributed by atoms with Crippen molar-refractivity contribution >= 4 is 21.9 Å². The maximum Gasteiger partial charge on any atom is 0.277 e. The van der Waals surface area contributed by atoms with Gasteiger partial charge in [0.1, 0.15) is 17.9 Å². The second-order valence-corrected chi connectivity index (χ2v) is 14.8. The zero-order chi connectivity index (χ0) is 34.5. The van der Waals surface area contributed by atoms with Gasteiger partial charge in [0.15, 0.2) is 11.6 Å². The molecular weight excluding hydrogens is 651 g/mol. The molecule has 1 spiro atoms. The smallest absolute Gasteiger partial charge is 0.277 e. The first-order valence-electron chi connectivity index (χ1n) is 16.6. The zero-order valence-electron chi connectivity index (χ0n) is 27.7. The molecule has 48 heavy (non-hydrogen) atoms. The standard InChI is InChI=1S/C32H46F3N7O5S/c1-4-11-38-48(44,45)39-24-6-7-25(46-18-24)16-40-12-9-32(10-13-40)19-41(20-32)30-28(15-36-21-37-30)47-27-8-5-23(33)14-26(27)31(43)42(22(2)3)17-29(34)35/h5,8,14-15,21-22,24-25,29,38-39H,4,6-7,9-13,16-20H2,1-3H3/t24-,25+/m1/s1. The lowest BCUT2D eigenvalue weighted by Gasteiger charge is -2.54. The molecule has 3 aliphatic rings. The van der Waals surface area contributed by atoms with E-state index in [9.17, 15) is 26.4 Å². The summed E-state index contributed by atoms with van der Waals surface area (Å²) in [5.41, 5.74) is -0.0419. The fraction of sp³-hybridized carbons (Fsp3) is 0.656. The van der Waals surface area contributed by atoms with E-state index < -0.39 is 40.9 Å². The third-order valence-electron chi connectivity index (χ3n) is 9.23. The third kappa shape index (κ3) is 9.14. The number of likely N-dealkylation sites (tertiary alicyclic amines) is 1. The van der Waals surface area contributed by atoms with Crippen LogP contribution in [-0.4, -0.2) is 111 Å². The summed E-state index contributed by atoms with van der Waals surface area (Å²) in [7, 11) is -3.52. The van der Waals surface area contributed by atoms with E-state index in [1.165, 1.54) is 18.6 Å². The molecule has 4 heterocycles. The summed E-state index contributed by atoms with van der Waals surface area (Å²) in [5, 5.41) is 0. The van der Waals surface area contributed by atoms with Crippen LogP contribution in [0.5, 0.6) is 11.5 Å². The SMILES string of the molecule is CCCNS(=O)(=O)N[C@@H]1CC[C@@H](CN2CCC3(CC2)CN(c2ncncc2Oc2ccc(F)cc2C(=O)N(CC(F)F)C(C)C)C3)OC1. The molecule has 0 aliphatic carbocycles. The number of anilines is 1. The van der Waals surface area contributed by atoms with Crippen LogP contribution in [0.3, 0.4) is 0 Å². The van der Waals surface area contributed by atoms with E-state index >= 15 is 0 Å². The molecule has 0 unspecified atom stereocenters. The van der Waals surface area contributed by atoms with Crippen molar-refractivity contribution in [2.45, 2.75) is 77.5 Å². The van der Waals surface area contributed by atoms with Crippen molar-refractivity contribution < 1.29 is 35.9 Å². The number of hydrogen-bond donors (Lipinski definition) is 2. The topological polar surface area (TPSA) is 129 Å². The first-order valence-corrected chi connectivity index (χ1v) is 18.1. The molecule has 0 bridgehead atoms. The summed E-state index contributed by atoms with van der Waals surface area (Å²) in [4.78, 5) is 27.3. The Morgan fingerprint density at radius 3 is 2.58 bits per heavy atom. The highest BCUT2D eigenvalue weighted by molar-refractivity contribution is 7.87. The Balaban J connectivity index is 1.14. The van der Waals surface area contributed by atoms with Crippen LogP contribution in [0.15, 0.2) is 30.7 Å². The Morgan fingerprint density at radius 1 is 1.19 bits per heavy atom. The number of amides is 1. The minimum atomic E-state index is -3.52. The van der Waals surface area contributed by atoms with Crippen molar-refractivity contribution in [2.24, 2.45) is 5.41 Å². The minimum absolute atomic E-state index is 0.0303. The van der Waals surface area contributed by atoms with Gasteiger partial charge in [-0.25, -0.2) is 27.9 Å². The van der Waals surface area contributed by atoms with Gasteiger partial charge in [-0.2, -0.15) is 13.1 Å². The van der Waals surface area contributed by atoms with E-state index in [0.717, 1.165) is 81.9 Å². The highest BCUT2D eigenvalue weighted by Gasteiger charge is 2.46. The second kappa shape index (κ2) is 15.7. The lowest BCUT2D eigenvalue weighted by molar-refractivity contribution is -0.0299. The first-order chi connectivity index (χ1) is 22.9. The molecule has 2 atom stereocenters. The van der Waals surface area contributed by atoms with E-state index in [4.69, 9.17) is 9.47 Å². The van der Waals surface area contributed by atoms with Gasteiger partial charge in [0.25, 0.3) is 22.5 Å². The molecule has 3 saturated heterocycles. The minimum Gasteiger partial charge on any atom is -0.451 e. The largest absolute Gasteiger partial charge is 0.451 e. The van der Waals surface area contributed by atoms with Crippen LogP contribution < -0.4 is 19.1 Å². The van der Waals surface area contributed by atoms with Crippen LogP contribution in [-0.2, 0) is 14.9 Å². The molecule has 12 nitrogen and oxygen atoms in total. The lowest BCUT2D eigenvalue weighted by Crippen LogP contribution is -2.61. The summed E-state index contributed by atoms with van der Waals surface area (Å²) in [5.74, 6) is -0.584. The number of benzene rings is 1. The third-order valence-corrected chi connectivity index (χ3v) is 10.5. The first kappa shape index (κ1) is 36.2. The molecule has 3 fully saturated rings. The van der Waals surface area contributed by atoms with Crippen LogP contribution in [0.4, 0.5) is 19.0 Å². The van der Waals surface area contributed by atoms with E-state index in [0.29, 0.717) is 19.0 Å². The zero-order valence-corrected chi connectivity index (χ0v) is 28.5. The molecule has 2 N–H and O–H groups in total. The van der Waals surface area contributed by atoms with E-state index in [-0.39, 0.29) is 34.6 Å². The molecule has 2 aromatic rings. The monoisotopic (exact) mass is 697 g/mol. The van der Waals surface area contributed by atoms with Gasteiger partial charge in [-0.1, -0.05) is 6.92 Å². The number of piperidine rings is 1. The Kier molecular flexibility index (Phi) is 11.8. The van der Waals surface area contributed by atoms with Crippen LogP contribution in [0.2, 0.25) is 0 Å². The molecular formula is C32H46F3N7O5S. The van der Waals surface area contributed by atoms with Gasteiger partial charge in [0.2, 0.25) is 0 Å². The van der Waals surface area contributed by atoms with E-state index in [1.807, 2.05) is 6.92 Å². The summed E-state index contributed by atoms with van der Waals surface area (Å²) >= 11 is 0. The van der Waals surface area contributed by atoms with Crippen molar-refractivity contribution in [2.75, 3.05) is 57.3 Å². The van der Waals surface area contributed by atoms with Gasteiger partial charge < -0.3 is 24.2 Å². The van der Waals surface area contributed by atoms with Crippen molar-refractivity contribution in [3.63, 3.8) is 0 Å². The fourth-order valence-corrected chi connectivity index (χ4v) is 7.78. The highest BCUT2D eigenvalue weighted by Crippen LogP contribution is 2.45. The number of halogens is 3. The van der Waals surface area contributed by atoms with Crippen molar-refractivity contribution in [1.29, 1.82) is 0 Å². The Hall–Kier alpha value is -3.05. The molecule has 1 amide bonds. The molecule has 0 saturated carbocycles. The fourth-order valence-electron chi connectivity index (χ4n) is 6.60. The van der Waals surface area contributed by atoms with Crippen molar-refractivity contribution in [3.05, 3.63) is 42.1 Å². The van der Waals surface area contributed by atoms with Crippen LogP contribution >= 0.6 is 0 Å². The molecule has 0 radical (unpaired) electrons. The highest BCUT2D eigenvalue weighted by atomic mass is 32.2. The maximum atomic E-state index is 14.3. The van der Waals surface area contributed by atoms with Gasteiger partial charge in [-0.15, -0.1) is 0 Å². The van der Waals surface area contributed by atoms with Crippen LogP contribution in [0, 0.1) is 11.2 Å². The summed E-state index contributed by atoms with van der Waals surface area (Å²) in [6.45, 7) is 9.28. The number of carbonyl (C=O) groups excluding carboxylic acids is 1. The average molecular weight is 698 g/mol. The van der Waals surface area contributed by atoms with Gasteiger partial charge in [-0.3, -0.25) is 4.79 Å². The number of ether oxygens (including phenoxy) is 2. The Morgan fingerprint density at radius 2 is 1.94 bits per heavy atom. The average Bonchev–Trinajstić information content (AvgIpc) is 3.03. The molecule has 5 rings (SSSR count). The molecule has 1 aromatic heterocycles. The maximum absolute atomic E-state index is 14.3. The molecule has 1 aromatic carbocycles. The summed E-state index contributed by atoms with van der Waals surface area (Å²) < 4.78 is 82.4. The van der Waals surface area contributed by atoms with Gasteiger partial charge in [0, 0.05) is 43.7 Å². The number of hydrogen-bond acceptors (Lipinski definition) is 9. The second-order valence-electron chi connectivity index (χ2n) is 13.3. The number of alkyl halides is 2. The lowest BCUT2D eigenvalue weighted by atomic mass is 9.72. The molecule has 3 aliphatic heterocycles. The van der Waals surface area contributed by atoms with Gasteiger partial charge >= 0.3 is 0 Å². The number of rotatable bonds is 14. The van der Waals surface area contributed by atoms with Crippen LogP contribution in [0.1, 0.15) is 63.2 Å². The quantitative estimate of drug-likeness (QED) is 0.303. The normalized spacial score (nSPS) is 21.5. The number of nitrogens with one attached hydrogen (secondary N) is 2. The van der Waals surface area contributed by atoms with Crippen molar-refractivity contribution in [1.82, 2.24) is 29.2 Å². The molecule has 16 heteroatoms. The Bertz CT molecular complexity index is 1490. The number of aromatic nitrogens is 2. The molecule has 266 valence electrons. The number of carbonyl (C=O) groups is 1. The predicted molar refractivity (Wildman–Crippen MR) is 174 cm³/mol. The van der Waals surface area contributed by atoms with Gasteiger partial charge in [-0.05, 0) is 77.2 Å². The summed E-state index contributed by atoms with van der Waals surface area (Å²) in [6.07, 6.45) is 4.45.